The van der Waals surface area contributed by atoms with Gasteiger partial charge >= 0.3 is 0 Å². The van der Waals surface area contributed by atoms with Gasteiger partial charge in [0, 0.05) is 50.8 Å². The van der Waals surface area contributed by atoms with E-state index in [-0.39, 0.29) is 11.8 Å². The summed E-state index contributed by atoms with van der Waals surface area (Å²) >= 11 is 0. The highest BCUT2D eigenvalue weighted by Gasteiger charge is 2.29. The molecule has 0 aliphatic carbocycles. The first kappa shape index (κ1) is 21.2. The summed E-state index contributed by atoms with van der Waals surface area (Å²) in [4.78, 5) is 26.4. The predicted molar refractivity (Wildman–Crippen MR) is 123 cm³/mol. The number of aromatic nitrogens is 2. The quantitative estimate of drug-likeness (QED) is 0.612. The van der Waals surface area contributed by atoms with Gasteiger partial charge in [0.05, 0.1) is 11.6 Å². The average Bonchev–Trinajstić information content (AvgIpc) is 2.93. The van der Waals surface area contributed by atoms with Crippen LogP contribution in [0.4, 0.5) is 0 Å². The molecular formula is C26H30N4O. The molecule has 0 radical (unpaired) electrons. The first-order valence-corrected chi connectivity index (χ1v) is 11.1. The van der Waals surface area contributed by atoms with Crippen molar-refractivity contribution in [2.45, 2.75) is 26.8 Å². The number of carbonyl (C=O) groups excluding carboxylic acids is 1. The van der Waals surface area contributed by atoms with Crippen molar-refractivity contribution < 1.29 is 4.79 Å². The largest absolute Gasteiger partial charge is 0.341 e. The van der Waals surface area contributed by atoms with Crippen LogP contribution in [0.3, 0.4) is 0 Å². The molecule has 31 heavy (non-hydrogen) atoms. The second-order valence-electron chi connectivity index (χ2n) is 8.26. The molecule has 3 aromatic rings. The Balaban J connectivity index is 1.49. The molecule has 2 aromatic heterocycles. The zero-order valence-corrected chi connectivity index (χ0v) is 18.4. The monoisotopic (exact) mass is 414 g/mol. The van der Waals surface area contributed by atoms with E-state index >= 15 is 0 Å². The van der Waals surface area contributed by atoms with Crippen molar-refractivity contribution in [1.29, 1.82) is 0 Å². The zero-order chi connectivity index (χ0) is 21.6. The number of hydrogen-bond donors (Lipinski definition) is 0. The van der Waals surface area contributed by atoms with Crippen LogP contribution in [-0.4, -0.2) is 51.9 Å². The van der Waals surface area contributed by atoms with Gasteiger partial charge in [0.15, 0.2) is 0 Å². The van der Waals surface area contributed by atoms with Gasteiger partial charge in [-0.1, -0.05) is 36.4 Å². The lowest BCUT2D eigenvalue weighted by Gasteiger charge is -2.23. The standard InChI is InChI=1S/C26H30N4O/c1-3-30-15-14-29(19-25-8-4-6-20(2)28-25)18-24(26(30)31)16-21-9-11-22(12-10-21)23-7-5-13-27-17-23/h4-13,17,24H,3,14-16,18-19H2,1-2H3/t24-/m0/s1. The van der Waals surface area contributed by atoms with Crippen molar-refractivity contribution in [3.05, 3.63) is 83.9 Å². The lowest BCUT2D eigenvalue weighted by atomic mass is 9.96. The third-order valence-electron chi connectivity index (χ3n) is 5.97. The van der Waals surface area contributed by atoms with Crippen molar-refractivity contribution in [3.63, 3.8) is 0 Å². The molecule has 4 rings (SSSR count). The van der Waals surface area contributed by atoms with E-state index in [1.54, 1.807) is 6.20 Å². The maximum absolute atomic E-state index is 13.2. The Morgan fingerprint density at radius 1 is 1.00 bits per heavy atom. The smallest absolute Gasteiger partial charge is 0.227 e. The van der Waals surface area contributed by atoms with Crippen molar-refractivity contribution >= 4 is 5.91 Å². The molecular weight excluding hydrogens is 384 g/mol. The molecule has 5 nitrogen and oxygen atoms in total. The second kappa shape index (κ2) is 9.84. The first-order valence-electron chi connectivity index (χ1n) is 11.1. The molecule has 0 saturated carbocycles. The summed E-state index contributed by atoms with van der Waals surface area (Å²) < 4.78 is 0. The number of amides is 1. The molecule has 5 heteroatoms. The second-order valence-corrected chi connectivity index (χ2v) is 8.26. The Labute approximate surface area is 184 Å². The van der Waals surface area contributed by atoms with E-state index < -0.39 is 0 Å². The van der Waals surface area contributed by atoms with E-state index in [0.29, 0.717) is 0 Å². The Morgan fingerprint density at radius 2 is 1.84 bits per heavy atom. The first-order chi connectivity index (χ1) is 15.1. The normalized spacial score (nSPS) is 17.5. The lowest BCUT2D eigenvalue weighted by molar-refractivity contribution is -0.134. The minimum absolute atomic E-state index is 0.0449. The molecule has 0 spiro atoms. The number of pyridine rings is 2. The van der Waals surface area contributed by atoms with Crippen LogP contribution < -0.4 is 0 Å². The van der Waals surface area contributed by atoms with Crippen molar-refractivity contribution in [3.8, 4) is 11.1 Å². The lowest BCUT2D eigenvalue weighted by Crippen LogP contribution is -2.37. The van der Waals surface area contributed by atoms with Gasteiger partial charge in [-0.15, -0.1) is 0 Å². The summed E-state index contributed by atoms with van der Waals surface area (Å²) in [5.41, 5.74) is 5.54. The van der Waals surface area contributed by atoms with Gasteiger partial charge in [0.2, 0.25) is 5.91 Å². The highest BCUT2D eigenvalue weighted by Crippen LogP contribution is 2.22. The highest BCUT2D eigenvalue weighted by molar-refractivity contribution is 5.79. The van der Waals surface area contributed by atoms with Gasteiger partial charge in [-0.2, -0.15) is 0 Å². The fourth-order valence-electron chi connectivity index (χ4n) is 4.29. The Bertz CT molecular complexity index is 1000. The Morgan fingerprint density at radius 3 is 2.55 bits per heavy atom. The van der Waals surface area contributed by atoms with E-state index in [4.69, 9.17) is 0 Å². The minimum Gasteiger partial charge on any atom is -0.341 e. The number of hydrogen-bond acceptors (Lipinski definition) is 4. The van der Waals surface area contributed by atoms with Crippen LogP contribution in [-0.2, 0) is 17.8 Å². The van der Waals surface area contributed by atoms with E-state index in [9.17, 15) is 4.79 Å². The number of benzene rings is 1. The van der Waals surface area contributed by atoms with Crippen molar-refractivity contribution in [1.82, 2.24) is 19.8 Å². The Hall–Kier alpha value is -3.05. The third kappa shape index (κ3) is 5.36. The summed E-state index contributed by atoms with van der Waals surface area (Å²) in [6.07, 6.45) is 4.41. The SMILES string of the molecule is CCN1CCN(Cc2cccc(C)n2)C[C@H](Cc2ccc(-c3cccnc3)cc2)C1=O. The summed E-state index contributed by atoms with van der Waals surface area (Å²) in [5, 5.41) is 0. The summed E-state index contributed by atoms with van der Waals surface area (Å²) in [6.45, 7) is 8.04. The van der Waals surface area contributed by atoms with Gasteiger partial charge in [-0.25, -0.2) is 0 Å². The van der Waals surface area contributed by atoms with Crippen LogP contribution in [0, 0.1) is 12.8 Å². The van der Waals surface area contributed by atoms with Gasteiger partial charge in [-0.3, -0.25) is 19.7 Å². The molecule has 1 aliphatic heterocycles. The molecule has 160 valence electrons. The molecule has 1 aliphatic rings. The van der Waals surface area contributed by atoms with Crippen LogP contribution in [0.25, 0.3) is 11.1 Å². The van der Waals surface area contributed by atoms with Gasteiger partial charge in [-0.05, 0) is 55.2 Å². The van der Waals surface area contributed by atoms with Gasteiger partial charge in [0.1, 0.15) is 0 Å². The average molecular weight is 415 g/mol. The van der Waals surface area contributed by atoms with E-state index in [0.717, 1.165) is 61.7 Å². The maximum Gasteiger partial charge on any atom is 0.227 e. The molecule has 0 N–H and O–H groups in total. The topological polar surface area (TPSA) is 49.3 Å². The fraction of sp³-hybridized carbons (Fsp3) is 0.346. The number of aryl methyl sites for hydroxylation is 1. The van der Waals surface area contributed by atoms with Crippen LogP contribution in [0.5, 0.6) is 0 Å². The van der Waals surface area contributed by atoms with Crippen LogP contribution in [0.1, 0.15) is 23.9 Å². The number of rotatable bonds is 6. The van der Waals surface area contributed by atoms with Crippen molar-refractivity contribution in [2.24, 2.45) is 5.92 Å². The van der Waals surface area contributed by atoms with Crippen LogP contribution in [0.2, 0.25) is 0 Å². The van der Waals surface area contributed by atoms with E-state index in [2.05, 4.69) is 64.3 Å². The summed E-state index contributed by atoms with van der Waals surface area (Å²) in [5.74, 6) is 0.218. The summed E-state index contributed by atoms with van der Waals surface area (Å²) in [7, 11) is 0. The molecule has 1 atom stereocenters. The van der Waals surface area contributed by atoms with E-state index in [1.165, 1.54) is 5.56 Å². The van der Waals surface area contributed by atoms with Crippen LogP contribution >= 0.6 is 0 Å². The van der Waals surface area contributed by atoms with Gasteiger partial charge < -0.3 is 4.90 Å². The molecule has 1 amide bonds. The zero-order valence-electron chi connectivity index (χ0n) is 18.4. The maximum atomic E-state index is 13.2. The van der Waals surface area contributed by atoms with Gasteiger partial charge in [0.25, 0.3) is 0 Å². The third-order valence-corrected chi connectivity index (χ3v) is 5.97. The molecule has 1 fully saturated rings. The predicted octanol–water partition coefficient (Wildman–Crippen LogP) is 3.98. The molecule has 0 unspecified atom stereocenters. The van der Waals surface area contributed by atoms with E-state index in [1.807, 2.05) is 30.2 Å². The molecule has 1 saturated heterocycles. The molecule has 1 aromatic carbocycles. The number of likely N-dealkylation sites (N-methyl/N-ethyl adjacent to an activating group) is 1. The van der Waals surface area contributed by atoms with Crippen molar-refractivity contribution in [2.75, 3.05) is 26.2 Å². The van der Waals surface area contributed by atoms with Crippen LogP contribution in [0.15, 0.2) is 67.0 Å². The number of carbonyl (C=O) groups is 1. The molecule has 3 heterocycles. The summed E-state index contributed by atoms with van der Waals surface area (Å²) in [6, 6.07) is 18.7. The fourth-order valence-corrected chi connectivity index (χ4v) is 4.29. The Kier molecular flexibility index (Phi) is 6.73. The minimum atomic E-state index is -0.0449. The number of nitrogens with zero attached hydrogens (tertiary/aromatic N) is 4. The highest BCUT2D eigenvalue weighted by atomic mass is 16.2. The molecule has 0 bridgehead atoms.